The lowest BCUT2D eigenvalue weighted by molar-refractivity contribution is 1.00. The number of aryl methyl sites for hydroxylation is 1. The molecule has 0 atom stereocenters. The van der Waals surface area contributed by atoms with Gasteiger partial charge in [0, 0.05) is 5.69 Å². The van der Waals surface area contributed by atoms with Gasteiger partial charge in [0.2, 0.25) is 5.78 Å². The van der Waals surface area contributed by atoms with Crippen LogP contribution in [0.5, 0.6) is 0 Å². The van der Waals surface area contributed by atoms with Crippen molar-refractivity contribution in [2.24, 2.45) is 0 Å². The van der Waals surface area contributed by atoms with E-state index in [-0.39, 0.29) is 0 Å². The average molecular weight is 273 g/mol. The number of nitrogens with zero attached hydrogens (tertiary/aromatic N) is 3. The van der Waals surface area contributed by atoms with Crippen LogP contribution in [0.2, 0.25) is 0 Å². The van der Waals surface area contributed by atoms with Crippen LogP contribution in [-0.4, -0.2) is 14.4 Å². The Morgan fingerprint density at radius 2 is 1.67 bits per heavy atom. The number of aromatic nitrogens is 3. The van der Waals surface area contributed by atoms with Crippen molar-refractivity contribution >= 4 is 16.8 Å². The Morgan fingerprint density at radius 3 is 2.48 bits per heavy atom. The van der Waals surface area contributed by atoms with Crippen LogP contribution in [0.3, 0.4) is 0 Å². The second-order valence-corrected chi connectivity index (χ2v) is 5.09. The predicted octanol–water partition coefficient (Wildman–Crippen LogP) is 4.11. The van der Waals surface area contributed by atoms with E-state index in [9.17, 15) is 0 Å². The molecule has 0 fully saturated rings. The molecule has 4 rings (SSSR count). The van der Waals surface area contributed by atoms with E-state index in [1.807, 2.05) is 24.3 Å². The molecule has 0 bridgehead atoms. The summed E-state index contributed by atoms with van der Waals surface area (Å²) in [5.74, 6) is 0.773. The van der Waals surface area contributed by atoms with Crippen LogP contribution in [0.25, 0.3) is 28.1 Å². The number of hydrogen-bond donors (Lipinski definition) is 0. The first-order valence-electron chi connectivity index (χ1n) is 7.19. The van der Waals surface area contributed by atoms with Gasteiger partial charge in [-0.3, -0.25) is 4.40 Å². The third-order valence-electron chi connectivity index (χ3n) is 3.76. The quantitative estimate of drug-likeness (QED) is 0.550. The van der Waals surface area contributed by atoms with E-state index in [0.717, 1.165) is 34.6 Å². The summed E-state index contributed by atoms with van der Waals surface area (Å²) in [6, 6.07) is 20.8. The zero-order valence-electron chi connectivity index (χ0n) is 11.8. The summed E-state index contributed by atoms with van der Waals surface area (Å²) in [4.78, 5) is 9.33. The van der Waals surface area contributed by atoms with E-state index in [1.54, 1.807) is 0 Å². The Balaban J connectivity index is 2.16. The summed E-state index contributed by atoms with van der Waals surface area (Å²) in [5.41, 5.74) is 5.47. The topological polar surface area (TPSA) is 30.2 Å². The Labute approximate surface area is 122 Å². The van der Waals surface area contributed by atoms with Crippen molar-refractivity contribution in [2.75, 3.05) is 0 Å². The first-order chi connectivity index (χ1) is 10.4. The molecule has 102 valence electrons. The van der Waals surface area contributed by atoms with Crippen LogP contribution < -0.4 is 0 Å². The molecule has 3 heteroatoms. The molecule has 2 heterocycles. The molecule has 4 aromatic rings. The first kappa shape index (κ1) is 12.1. The highest BCUT2D eigenvalue weighted by Crippen LogP contribution is 2.25. The monoisotopic (exact) mass is 273 g/mol. The fourth-order valence-electron chi connectivity index (χ4n) is 2.71. The summed E-state index contributed by atoms with van der Waals surface area (Å²) in [7, 11) is 0. The van der Waals surface area contributed by atoms with E-state index < -0.39 is 0 Å². The van der Waals surface area contributed by atoms with E-state index in [0.29, 0.717) is 0 Å². The maximum Gasteiger partial charge on any atom is 0.235 e. The standard InChI is InChI=1S/C18H15N3/c1-2-14-12-17(13-8-4-3-5-9-13)21-16-11-7-6-10-15(16)20-18(21)19-14/h3-12H,2H2,1H3. The molecule has 0 aliphatic carbocycles. The Morgan fingerprint density at radius 1 is 0.905 bits per heavy atom. The number of imidazole rings is 1. The van der Waals surface area contributed by atoms with Gasteiger partial charge in [-0.25, -0.2) is 9.97 Å². The van der Waals surface area contributed by atoms with Crippen molar-refractivity contribution in [3.05, 3.63) is 66.4 Å². The summed E-state index contributed by atoms with van der Waals surface area (Å²) >= 11 is 0. The molecule has 21 heavy (non-hydrogen) atoms. The lowest BCUT2D eigenvalue weighted by Crippen LogP contribution is -1.98. The van der Waals surface area contributed by atoms with Gasteiger partial charge in [0.25, 0.3) is 0 Å². The highest BCUT2D eigenvalue weighted by atomic mass is 15.1. The Hall–Kier alpha value is -2.68. The third-order valence-corrected chi connectivity index (χ3v) is 3.76. The van der Waals surface area contributed by atoms with Gasteiger partial charge in [-0.05, 0) is 30.2 Å². The van der Waals surface area contributed by atoms with Gasteiger partial charge < -0.3 is 0 Å². The molecular formula is C18H15N3. The number of para-hydroxylation sites is 2. The Bertz CT molecular complexity index is 923. The molecule has 0 amide bonds. The fourth-order valence-corrected chi connectivity index (χ4v) is 2.71. The van der Waals surface area contributed by atoms with Gasteiger partial charge in [-0.15, -0.1) is 0 Å². The molecule has 2 aromatic heterocycles. The van der Waals surface area contributed by atoms with Crippen molar-refractivity contribution in [1.29, 1.82) is 0 Å². The largest absolute Gasteiger partial charge is 0.276 e. The molecule has 0 saturated heterocycles. The second kappa shape index (κ2) is 4.70. The van der Waals surface area contributed by atoms with Crippen LogP contribution in [-0.2, 0) is 6.42 Å². The maximum absolute atomic E-state index is 4.67. The van der Waals surface area contributed by atoms with Crippen molar-refractivity contribution in [1.82, 2.24) is 14.4 Å². The summed E-state index contributed by atoms with van der Waals surface area (Å²) in [6.45, 7) is 2.12. The van der Waals surface area contributed by atoms with Crippen LogP contribution in [0.1, 0.15) is 12.6 Å². The molecule has 0 aliphatic rings. The molecule has 0 radical (unpaired) electrons. The Kier molecular flexibility index (Phi) is 2.71. The minimum absolute atomic E-state index is 0.773. The number of hydrogen-bond acceptors (Lipinski definition) is 2. The van der Waals surface area contributed by atoms with Crippen molar-refractivity contribution in [3.63, 3.8) is 0 Å². The van der Waals surface area contributed by atoms with Crippen molar-refractivity contribution in [2.45, 2.75) is 13.3 Å². The van der Waals surface area contributed by atoms with Crippen LogP contribution in [0.15, 0.2) is 60.7 Å². The zero-order valence-corrected chi connectivity index (χ0v) is 11.8. The number of benzene rings is 2. The molecule has 0 N–H and O–H groups in total. The first-order valence-corrected chi connectivity index (χ1v) is 7.19. The minimum atomic E-state index is 0.773. The number of rotatable bonds is 2. The number of fused-ring (bicyclic) bond motifs is 3. The average Bonchev–Trinajstić information content (AvgIpc) is 2.93. The molecule has 2 aromatic carbocycles. The molecule has 3 nitrogen and oxygen atoms in total. The summed E-state index contributed by atoms with van der Waals surface area (Å²) < 4.78 is 2.14. The normalized spacial score (nSPS) is 11.3. The van der Waals surface area contributed by atoms with E-state index >= 15 is 0 Å². The molecule has 0 saturated carbocycles. The summed E-state index contributed by atoms with van der Waals surface area (Å²) in [6.07, 6.45) is 0.902. The highest BCUT2D eigenvalue weighted by molar-refractivity contribution is 5.82. The smallest absolute Gasteiger partial charge is 0.235 e. The van der Waals surface area contributed by atoms with Gasteiger partial charge >= 0.3 is 0 Å². The molecule has 0 aliphatic heterocycles. The molecule has 0 spiro atoms. The molecule has 0 unspecified atom stereocenters. The van der Waals surface area contributed by atoms with Crippen LogP contribution >= 0.6 is 0 Å². The van der Waals surface area contributed by atoms with Gasteiger partial charge in [0.05, 0.1) is 16.7 Å². The zero-order chi connectivity index (χ0) is 14.2. The lowest BCUT2D eigenvalue weighted by Gasteiger charge is -2.08. The van der Waals surface area contributed by atoms with Gasteiger partial charge in [0.15, 0.2) is 0 Å². The second-order valence-electron chi connectivity index (χ2n) is 5.09. The summed E-state index contributed by atoms with van der Waals surface area (Å²) in [5, 5.41) is 0. The van der Waals surface area contributed by atoms with E-state index in [2.05, 4.69) is 57.7 Å². The van der Waals surface area contributed by atoms with E-state index in [4.69, 9.17) is 0 Å². The van der Waals surface area contributed by atoms with Gasteiger partial charge in [0.1, 0.15) is 0 Å². The van der Waals surface area contributed by atoms with Gasteiger partial charge in [-0.1, -0.05) is 49.4 Å². The van der Waals surface area contributed by atoms with Crippen molar-refractivity contribution in [3.8, 4) is 11.3 Å². The molecular weight excluding hydrogens is 258 g/mol. The lowest BCUT2D eigenvalue weighted by atomic mass is 10.1. The van der Waals surface area contributed by atoms with Crippen LogP contribution in [0.4, 0.5) is 0 Å². The third kappa shape index (κ3) is 1.89. The SMILES string of the molecule is CCc1cc(-c2ccccc2)n2c(n1)nc1ccccc12. The highest BCUT2D eigenvalue weighted by Gasteiger charge is 2.12. The van der Waals surface area contributed by atoms with Gasteiger partial charge in [-0.2, -0.15) is 0 Å². The van der Waals surface area contributed by atoms with Crippen molar-refractivity contribution < 1.29 is 0 Å². The fraction of sp³-hybridized carbons (Fsp3) is 0.111. The predicted molar refractivity (Wildman–Crippen MR) is 85.3 cm³/mol. The van der Waals surface area contributed by atoms with Crippen LogP contribution in [0, 0.1) is 0 Å². The minimum Gasteiger partial charge on any atom is -0.276 e. The van der Waals surface area contributed by atoms with E-state index in [1.165, 1.54) is 5.56 Å². The maximum atomic E-state index is 4.67.